The van der Waals surface area contributed by atoms with E-state index < -0.39 is 0 Å². The highest BCUT2D eigenvalue weighted by molar-refractivity contribution is 7.21. The maximum Gasteiger partial charge on any atom is 0.231 e. The molecule has 1 saturated heterocycles. The van der Waals surface area contributed by atoms with Crippen LogP contribution in [0.25, 0.3) is 21.6 Å². The highest BCUT2D eigenvalue weighted by atomic mass is 32.1. The summed E-state index contributed by atoms with van der Waals surface area (Å²) >= 11 is 1.56. The van der Waals surface area contributed by atoms with Crippen molar-refractivity contribution in [2.75, 3.05) is 29.9 Å². The minimum absolute atomic E-state index is 0.0743. The van der Waals surface area contributed by atoms with Crippen molar-refractivity contribution >= 4 is 38.6 Å². The van der Waals surface area contributed by atoms with Crippen LogP contribution < -0.4 is 15.0 Å². The molecule has 32 heavy (non-hydrogen) atoms. The van der Waals surface area contributed by atoms with E-state index in [2.05, 4.69) is 25.3 Å². The SMILES string of the molecule is CCOc1ccccc1-c1cc(NC(=O)[C@@H]2CCCN(c3nc4cccnc4s3)C2)on1. The first-order valence-electron chi connectivity index (χ1n) is 10.7. The fraction of sp³-hybridized carbons (Fsp3) is 0.304. The van der Waals surface area contributed by atoms with E-state index in [0.717, 1.165) is 46.2 Å². The van der Waals surface area contributed by atoms with Gasteiger partial charge in [0.1, 0.15) is 21.8 Å². The maximum atomic E-state index is 13.0. The molecule has 0 bridgehead atoms. The summed E-state index contributed by atoms with van der Waals surface area (Å²) in [5, 5.41) is 7.91. The average molecular weight is 450 g/mol. The van der Waals surface area contributed by atoms with E-state index >= 15 is 0 Å². The number of fused-ring (bicyclic) bond motifs is 1. The molecule has 1 fully saturated rings. The maximum absolute atomic E-state index is 13.0. The van der Waals surface area contributed by atoms with Gasteiger partial charge in [0.25, 0.3) is 0 Å². The molecule has 0 saturated carbocycles. The smallest absolute Gasteiger partial charge is 0.231 e. The number of anilines is 2. The molecule has 4 aromatic rings. The number of para-hydroxylation sites is 1. The van der Waals surface area contributed by atoms with Gasteiger partial charge in [0.2, 0.25) is 11.8 Å². The molecule has 0 unspecified atom stereocenters. The monoisotopic (exact) mass is 449 g/mol. The van der Waals surface area contributed by atoms with E-state index in [1.54, 1.807) is 23.6 Å². The number of hydrogen-bond acceptors (Lipinski definition) is 8. The molecule has 4 heterocycles. The zero-order valence-corrected chi connectivity index (χ0v) is 18.5. The molecule has 9 heteroatoms. The van der Waals surface area contributed by atoms with Crippen molar-refractivity contribution in [3.05, 3.63) is 48.7 Å². The number of ether oxygens (including phenoxy) is 1. The van der Waals surface area contributed by atoms with Gasteiger partial charge in [-0.1, -0.05) is 28.6 Å². The van der Waals surface area contributed by atoms with Crippen molar-refractivity contribution in [2.24, 2.45) is 5.92 Å². The highest BCUT2D eigenvalue weighted by Crippen LogP contribution is 2.32. The summed E-state index contributed by atoms with van der Waals surface area (Å²) in [7, 11) is 0. The van der Waals surface area contributed by atoms with E-state index in [1.165, 1.54) is 0 Å². The van der Waals surface area contributed by atoms with Gasteiger partial charge in [-0.2, -0.15) is 0 Å². The fourth-order valence-corrected chi connectivity index (χ4v) is 4.85. The number of piperidine rings is 1. The standard InChI is InChI=1S/C23H23N5O3S/c1-2-30-19-10-4-3-8-16(19)18-13-20(31-27-18)26-21(29)15-7-6-12-28(14-15)23-25-17-9-5-11-24-22(17)32-23/h3-5,8-11,13,15H,2,6-7,12,14H2,1H3,(H,26,29)/t15-/m1/s1. The van der Waals surface area contributed by atoms with Gasteiger partial charge in [-0.3, -0.25) is 10.1 Å². The first kappa shape index (κ1) is 20.4. The van der Waals surface area contributed by atoms with Gasteiger partial charge in [0.15, 0.2) is 5.13 Å². The minimum atomic E-state index is -0.159. The molecule has 164 valence electrons. The van der Waals surface area contributed by atoms with Crippen LogP contribution in [0.5, 0.6) is 5.75 Å². The lowest BCUT2D eigenvalue weighted by Gasteiger charge is -2.31. The molecule has 0 aliphatic carbocycles. The topological polar surface area (TPSA) is 93.4 Å². The normalized spacial score (nSPS) is 16.3. The number of pyridine rings is 1. The molecule has 0 spiro atoms. The molecule has 1 N–H and O–H groups in total. The zero-order chi connectivity index (χ0) is 21.9. The van der Waals surface area contributed by atoms with Crippen LogP contribution in [0.15, 0.2) is 53.2 Å². The molecule has 5 rings (SSSR count). The Kier molecular flexibility index (Phi) is 5.72. The van der Waals surface area contributed by atoms with E-state index in [4.69, 9.17) is 9.26 Å². The first-order valence-corrected chi connectivity index (χ1v) is 11.5. The molecular formula is C23H23N5O3S. The van der Waals surface area contributed by atoms with Crippen molar-refractivity contribution in [2.45, 2.75) is 19.8 Å². The quantitative estimate of drug-likeness (QED) is 0.460. The van der Waals surface area contributed by atoms with E-state index in [0.29, 0.717) is 24.7 Å². The van der Waals surface area contributed by atoms with Crippen LogP contribution >= 0.6 is 11.3 Å². The number of nitrogens with zero attached hydrogens (tertiary/aromatic N) is 4. The number of rotatable bonds is 6. The van der Waals surface area contributed by atoms with Crippen LogP contribution in [0, 0.1) is 5.92 Å². The van der Waals surface area contributed by atoms with Crippen molar-refractivity contribution in [3.63, 3.8) is 0 Å². The second-order valence-corrected chi connectivity index (χ2v) is 8.56. The Morgan fingerprint density at radius 2 is 2.22 bits per heavy atom. The van der Waals surface area contributed by atoms with Crippen LogP contribution in [-0.2, 0) is 4.79 Å². The molecule has 1 aliphatic heterocycles. The number of benzene rings is 1. The van der Waals surface area contributed by atoms with Gasteiger partial charge in [-0.15, -0.1) is 0 Å². The third kappa shape index (κ3) is 4.16. The highest BCUT2D eigenvalue weighted by Gasteiger charge is 2.28. The predicted octanol–water partition coefficient (Wildman–Crippen LogP) is 4.60. The van der Waals surface area contributed by atoms with E-state index in [1.807, 2.05) is 43.3 Å². The third-order valence-electron chi connectivity index (χ3n) is 5.44. The summed E-state index contributed by atoms with van der Waals surface area (Å²) in [6, 6.07) is 13.2. The third-order valence-corrected chi connectivity index (χ3v) is 6.48. The number of carbonyl (C=O) groups excluding carboxylic acids is 1. The molecule has 1 aromatic carbocycles. The Morgan fingerprint density at radius 1 is 1.31 bits per heavy atom. The summed E-state index contributed by atoms with van der Waals surface area (Å²) in [4.78, 5) is 25.1. The van der Waals surface area contributed by atoms with Crippen molar-refractivity contribution in [1.29, 1.82) is 0 Å². The summed E-state index contributed by atoms with van der Waals surface area (Å²) in [5.41, 5.74) is 2.34. The number of aromatic nitrogens is 3. The lowest BCUT2D eigenvalue weighted by atomic mass is 9.97. The second kappa shape index (κ2) is 8.96. The van der Waals surface area contributed by atoms with Gasteiger partial charge < -0.3 is 14.2 Å². The summed E-state index contributed by atoms with van der Waals surface area (Å²) in [5.74, 6) is 0.828. The molecule has 1 amide bonds. The van der Waals surface area contributed by atoms with E-state index in [-0.39, 0.29) is 11.8 Å². The molecular weight excluding hydrogens is 426 g/mol. The van der Waals surface area contributed by atoms with Crippen LogP contribution in [0.3, 0.4) is 0 Å². The average Bonchev–Trinajstić information content (AvgIpc) is 3.47. The molecule has 8 nitrogen and oxygen atoms in total. The molecule has 3 aromatic heterocycles. The second-order valence-electron chi connectivity index (χ2n) is 7.60. The van der Waals surface area contributed by atoms with Crippen LogP contribution in [0.2, 0.25) is 0 Å². The van der Waals surface area contributed by atoms with Gasteiger partial charge in [0, 0.05) is 30.9 Å². The predicted molar refractivity (Wildman–Crippen MR) is 124 cm³/mol. The zero-order valence-electron chi connectivity index (χ0n) is 17.7. The van der Waals surface area contributed by atoms with Crippen molar-refractivity contribution in [1.82, 2.24) is 15.1 Å². The first-order chi connectivity index (χ1) is 15.7. The number of carbonyl (C=O) groups is 1. The van der Waals surface area contributed by atoms with Crippen LogP contribution in [0.4, 0.5) is 11.0 Å². The number of hydrogen-bond donors (Lipinski definition) is 1. The van der Waals surface area contributed by atoms with Gasteiger partial charge in [0.05, 0.1) is 12.5 Å². The summed E-state index contributed by atoms with van der Waals surface area (Å²) < 4.78 is 11.1. The number of thiazole rings is 1. The summed E-state index contributed by atoms with van der Waals surface area (Å²) in [6.45, 7) is 3.98. The Morgan fingerprint density at radius 3 is 3.09 bits per heavy atom. The molecule has 1 atom stereocenters. The van der Waals surface area contributed by atoms with Gasteiger partial charge >= 0.3 is 0 Å². The van der Waals surface area contributed by atoms with Crippen molar-refractivity contribution < 1.29 is 14.1 Å². The summed E-state index contributed by atoms with van der Waals surface area (Å²) in [6.07, 6.45) is 3.51. The lowest BCUT2D eigenvalue weighted by molar-refractivity contribution is -0.120. The largest absolute Gasteiger partial charge is 0.493 e. The fourth-order valence-electron chi connectivity index (χ4n) is 3.90. The van der Waals surface area contributed by atoms with Crippen molar-refractivity contribution in [3.8, 4) is 17.0 Å². The van der Waals surface area contributed by atoms with Gasteiger partial charge in [-0.05, 0) is 44.0 Å². The van der Waals surface area contributed by atoms with Gasteiger partial charge in [-0.25, -0.2) is 9.97 Å². The van der Waals surface area contributed by atoms with Crippen LogP contribution in [-0.4, -0.2) is 40.7 Å². The Labute approximate surface area is 189 Å². The lowest BCUT2D eigenvalue weighted by Crippen LogP contribution is -2.40. The van der Waals surface area contributed by atoms with E-state index in [9.17, 15) is 4.79 Å². The van der Waals surface area contributed by atoms with Crippen LogP contribution in [0.1, 0.15) is 19.8 Å². The minimum Gasteiger partial charge on any atom is -0.493 e. The number of amides is 1. The Bertz CT molecular complexity index is 1200. The molecule has 1 aliphatic rings. The Hall–Kier alpha value is -3.46. The number of nitrogens with one attached hydrogen (secondary N) is 1. The molecule has 0 radical (unpaired) electrons. The Balaban J connectivity index is 1.27.